The third-order valence-corrected chi connectivity index (χ3v) is 10.3. The number of amides is 7. The van der Waals surface area contributed by atoms with Crippen molar-refractivity contribution in [1.82, 2.24) is 36.8 Å². The largest absolute Gasteiger partial charge is 0.481 e. The molecule has 1 aliphatic heterocycles. The zero-order chi connectivity index (χ0) is 48.3. The fourth-order valence-corrected chi connectivity index (χ4v) is 6.76. The van der Waals surface area contributed by atoms with Crippen molar-refractivity contribution in [3.63, 3.8) is 0 Å². The summed E-state index contributed by atoms with van der Waals surface area (Å²) in [7, 11) is 0. The Kier molecular flexibility index (Phi) is 21.8. The minimum absolute atomic E-state index is 0.0130. The standard InChI is InChI=1S/C41H60N8O15/c1-5-22(4)34(41(63)64)48-38(60)27(18-32(53)54)47-37(59)26(16-21(2)3)46-36(58)25(13-14-31(51)52)45-39(61)29-12-9-15-49(29)40(62)28(19-33(55)56)44-30(50)20-43-35(57)24(42)17-23-10-7-6-8-11-23/h6-8,10-11,21-22,24-29,34H,5,9,12-20,42H2,1-4H3,(H,43,57)(H,44,50)(H,45,61)(H,46,58)(H,47,59)(H,48,60)(H,51,52)(H,53,54)(H,55,56)(H,63,64)/t22-,24-,25-,26-,27-,28-,29-,34-/m0/s1. The van der Waals surface area contributed by atoms with Crippen LogP contribution in [0.15, 0.2) is 30.3 Å². The molecule has 0 bridgehead atoms. The molecule has 1 fully saturated rings. The van der Waals surface area contributed by atoms with Crippen LogP contribution >= 0.6 is 0 Å². The molecule has 0 aliphatic carbocycles. The number of benzene rings is 1. The second kappa shape index (κ2) is 26.1. The van der Waals surface area contributed by atoms with E-state index < -0.39 is 146 Å². The maximum absolute atomic E-state index is 13.8. The first-order chi connectivity index (χ1) is 30.0. The lowest BCUT2D eigenvalue weighted by atomic mass is 9.98. The Balaban J connectivity index is 2.24. The lowest BCUT2D eigenvalue weighted by Gasteiger charge is -2.30. The molecule has 1 aromatic rings. The van der Waals surface area contributed by atoms with Crippen LogP contribution < -0.4 is 37.6 Å². The molecule has 0 radical (unpaired) electrons. The average molecular weight is 905 g/mol. The molecule has 23 nitrogen and oxygen atoms in total. The molecule has 0 unspecified atom stereocenters. The monoisotopic (exact) mass is 904 g/mol. The van der Waals surface area contributed by atoms with Gasteiger partial charge in [0, 0.05) is 13.0 Å². The van der Waals surface area contributed by atoms with Gasteiger partial charge in [0.2, 0.25) is 41.4 Å². The molecule has 0 spiro atoms. The Morgan fingerprint density at radius 2 is 1.30 bits per heavy atom. The van der Waals surface area contributed by atoms with Gasteiger partial charge in [-0.15, -0.1) is 0 Å². The number of carbonyl (C=O) groups is 11. The summed E-state index contributed by atoms with van der Waals surface area (Å²) in [4.78, 5) is 141. The average Bonchev–Trinajstić information content (AvgIpc) is 3.72. The summed E-state index contributed by atoms with van der Waals surface area (Å²) in [6.07, 6.45) is -2.41. The number of carbonyl (C=O) groups excluding carboxylic acids is 7. The summed E-state index contributed by atoms with van der Waals surface area (Å²) in [5, 5.41) is 52.0. The number of carboxylic acids is 4. The Labute approximate surface area is 369 Å². The van der Waals surface area contributed by atoms with E-state index in [2.05, 4.69) is 31.9 Å². The molecule has 0 aromatic heterocycles. The van der Waals surface area contributed by atoms with E-state index >= 15 is 0 Å². The number of nitrogens with one attached hydrogen (secondary N) is 6. The van der Waals surface area contributed by atoms with Crippen molar-refractivity contribution in [3.05, 3.63) is 35.9 Å². The third-order valence-electron chi connectivity index (χ3n) is 10.3. The summed E-state index contributed by atoms with van der Waals surface area (Å²) in [5.41, 5.74) is 6.72. The van der Waals surface area contributed by atoms with Crippen LogP contribution in [0.5, 0.6) is 0 Å². The normalized spacial score (nSPS) is 16.7. The highest BCUT2D eigenvalue weighted by Gasteiger charge is 2.40. The van der Waals surface area contributed by atoms with Crippen molar-refractivity contribution in [1.29, 1.82) is 0 Å². The molecule has 7 amide bonds. The zero-order valence-corrected chi connectivity index (χ0v) is 36.2. The summed E-state index contributed by atoms with van der Waals surface area (Å²) in [6.45, 7) is 5.83. The highest BCUT2D eigenvalue weighted by molar-refractivity contribution is 5.98. The van der Waals surface area contributed by atoms with Crippen LogP contribution in [0.2, 0.25) is 0 Å². The van der Waals surface area contributed by atoms with Crippen LogP contribution in [-0.4, -0.2) is 146 Å². The van der Waals surface area contributed by atoms with Crippen LogP contribution in [0, 0.1) is 11.8 Å². The van der Waals surface area contributed by atoms with Gasteiger partial charge in [0.25, 0.3) is 0 Å². The zero-order valence-electron chi connectivity index (χ0n) is 36.2. The molecule has 12 N–H and O–H groups in total. The van der Waals surface area contributed by atoms with Crippen molar-refractivity contribution in [2.24, 2.45) is 17.6 Å². The van der Waals surface area contributed by atoms with E-state index in [1.54, 1.807) is 58.0 Å². The van der Waals surface area contributed by atoms with E-state index in [-0.39, 0.29) is 38.1 Å². The fourth-order valence-electron chi connectivity index (χ4n) is 6.76. The minimum atomic E-state index is -1.78. The Morgan fingerprint density at radius 1 is 0.719 bits per heavy atom. The number of nitrogens with zero attached hydrogens (tertiary/aromatic N) is 1. The van der Waals surface area contributed by atoms with Gasteiger partial charge in [-0.3, -0.25) is 47.9 Å². The number of aliphatic carboxylic acids is 4. The van der Waals surface area contributed by atoms with Gasteiger partial charge in [0.1, 0.15) is 36.3 Å². The van der Waals surface area contributed by atoms with Gasteiger partial charge in [-0.2, -0.15) is 0 Å². The third kappa shape index (κ3) is 18.0. The molecular weight excluding hydrogens is 844 g/mol. The van der Waals surface area contributed by atoms with Crippen LogP contribution in [-0.2, 0) is 59.2 Å². The molecule has 23 heteroatoms. The van der Waals surface area contributed by atoms with Crippen LogP contribution in [0.3, 0.4) is 0 Å². The van der Waals surface area contributed by atoms with E-state index in [0.29, 0.717) is 6.42 Å². The molecule has 0 saturated carbocycles. The predicted molar refractivity (Wildman–Crippen MR) is 223 cm³/mol. The number of nitrogens with two attached hydrogens (primary N) is 1. The Hall–Kier alpha value is -6.65. The summed E-state index contributed by atoms with van der Waals surface area (Å²) in [6, 6.07) is -1.57. The van der Waals surface area contributed by atoms with Crippen LogP contribution in [0.1, 0.15) is 84.6 Å². The smallest absolute Gasteiger partial charge is 0.326 e. The highest BCUT2D eigenvalue weighted by atomic mass is 16.4. The van der Waals surface area contributed by atoms with Crippen molar-refractivity contribution >= 4 is 65.2 Å². The molecule has 1 saturated heterocycles. The van der Waals surface area contributed by atoms with Gasteiger partial charge in [-0.25, -0.2) is 4.79 Å². The molecule has 1 aromatic carbocycles. The van der Waals surface area contributed by atoms with E-state index in [9.17, 15) is 73.2 Å². The molecule has 64 heavy (non-hydrogen) atoms. The maximum atomic E-state index is 13.8. The van der Waals surface area contributed by atoms with Gasteiger partial charge in [0.15, 0.2) is 0 Å². The molecule has 354 valence electrons. The van der Waals surface area contributed by atoms with Crippen molar-refractivity contribution < 1.29 is 73.2 Å². The van der Waals surface area contributed by atoms with E-state index in [1.165, 1.54) is 0 Å². The van der Waals surface area contributed by atoms with Gasteiger partial charge in [0.05, 0.1) is 25.4 Å². The number of hydrogen-bond acceptors (Lipinski definition) is 12. The Bertz CT molecular complexity index is 1860. The van der Waals surface area contributed by atoms with Crippen molar-refractivity contribution in [2.75, 3.05) is 13.1 Å². The topological polar surface area (TPSA) is 370 Å². The van der Waals surface area contributed by atoms with Gasteiger partial charge in [-0.05, 0) is 49.5 Å². The number of hydrogen-bond donors (Lipinski definition) is 11. The quantitative estimate of drug-likeness (QED) is 0.0458. The van der Waals surface area contributed by atoms with Crippen molar-refractivity contribution in [3.8, 4) is 0 Å². The maximum Gasteiger partial charge on any atom is 0.326 e. The number of carboxylic acid groups (broad SMARTS) is 4. The molecular formula is C41H60N8O15. The van der Waals surface area contributed by atoms with E-state index in [4.69, 9.17) is 5.73 Å². The number of likely N-dealkylation sites (tertiary alicyclic amines) is 1. The minimum Gasteiger partial charge on any atom is -0.481 e. The van der Waals surface area contributed by atoms with Gasteiger partial charge < -0.3 is 63.0 Å². The van der Waals surface area contributed by atoms with Gasteiger partial charge in [-0.1, -0.05) is 64.4 Å². The molecule has 8 atom stereocenters. The second-order valence-electron chi connectivity index (χ2n) is 16.0. The first-order valence-electron chi connectivity index (χ1n) is 20.8. The van der Waals surface area contributed by atoms with Crippen LogP contribution in [0.25, 0.3) is 0 Å². The van der Waals surface area contributed by atoms with E-state index in [0.717, 1.165) is 10.5 Å². The summed E-state index contributed by atoms with van der Waals surface area (Å²) in [5.74, 6) is -13.4. The lowest BCUT2D eigenvalue weighted by molar-refractivity contribution is -0.146. The van der Waals surface area contributed by atoms with Crippen molar-refractivity contribution in [2.45, 2.75) is 128 Å². The first-order valence-corrected chi connectivity index (χ1v) is 20.8. The highest BCUT2D eigenvalue weighted by Crippen LogP contribution is 2.20. The van der Waals surface area contributed by atoms with Gasteiger partial charge >= 0.3 is 23.9 Å². The van der Waals surface area contributed by atoms with Crippen LogP contribution in [0.4, 0.5) is 0 Å². The summed E-state index contributed by atoms with van der Waals surface area (Å²) >= 11 is 0. The molecule has 1 aliphatic rings. The Morgan fingerprint density at radius 3 is 1.86 bits per heavy atom. The number of rotatable bonds is 27. The fraction of sp³-hybridized carbons (Fsp3) is 0.585. The second-order valence-corrected chi connectivity index (χ2v) is 16.0. The van der Waals surface area contributed by atoms with E-state index in [1.807, 2.05) is 0 Å². The molecule has 1 heterocycles. The summed E-state index contributed by atoms with van der Waals surface area (Å²) < 4.78 is 0. The SMILES string of the molecule is CC[C@H](C)[C@H](NC(=O)[C@H](CC(=O)O)NC(=O)[C@H](CC(C)C)NC(=O)[C@H](CCC(=O)O)NC(=O)[C@@H]1CCCN1C(=O)[C@H](CC(=O)O)NC(=O)CNC(=O)[C@@H](N)Cc1ccccc1)C(=O)O. The predicted octanol–water partition coefficient (Wildman–Crippen LogP) is -1.92. The lowest BCUT2D eigenvalue weighted by Crippen LogP contribution is -2.60. The molecule has 2 rings (SSSR count). The first kappa shape index (κ1) is 53.5.